The van der Waals surface area contributed by atoms with Crippen molar-refractivity contribution in [1.29, 1.82) is 0 Å². The summed E-state index contributed by atoms with van der Waals surface area (Å²) < 4.78 is 24.5. The van der Waals surface area contributed by atoms with Crippen LogP contribution in [0, 0.1) is 0 Å². The van der Waals surface area contributed by atoms with E-state index < -0.39 is 0 Å². The number of rotatable bonds is 12. The third-order valence-electron chi connectivity index (χ3n) is 6.86. The number of fused-ring (bicyclic) bond motifs is 1. The summed E-state index contributed by atoms with van der Waals surface area (Å²) in [6.45, 7) is 5.27. The molecule has 39 heavy (non-hydrogen) atoms. The van der Waals surface area contributed by atoms with E-state index >= 15 is 0 Å². The van der Waals surface area contributed by atoms with Crippen molar-refractivity contribution in [1.82, 2.24) is 14.5 Å². The Kier molecular flexibility index (Phi) is 8.59. The Labute approximate surface area is 234 Å². The predicted molar refractivity (Wildman–Crippen MR) is 153 cm³/mol. The van der Waals surface area contributed by atoms with Crippen molar-refractivity contribution in [2.75, 3.05) is 21.0 Å². The fourth-order valence-corrected chi connectivity index (χ4v) is 5.13. The molecule has 0 saturated heterocycles. The average molecular weight is 548 g/mol. The summed E-state index contributed by atoms with van der Waals surface area (Å²) in [5.74, 6) is 3.86. The molecule has 0 fully saturated rings. The van der Waals surface area contributed by atoms with E-state index in [9.17, 15) is 0 Å². The van der Waals surface area contributed by atoms with E-state index in [1.54, 1.807) is 14.2 Å². The predicted octanol–water partition coefficient (Wildman–Crippen LogP) is 6.95. The molecule has 4 aromatic rings. The highest BCUT2D eigenvalue weighted by Crippen LogP contribution is 2.34. The number of imidazole rings is 1. The van der Waals surface area contributed by atoms with Crippen molar-refractivity contribution in [2.24, 2.45) is 0 Å². The zero-order valence-corrected chi connectivity index (χ0v) is 23.4. The highest BCUT2D eigenvalue weighted by atomic mass is 35.5. The standard InChI is InChI=1S/C31H34ClN3O4/c1-4-5-15-35-25(30(32)33-31(35)24-9-7-6-8-10-24)20-34(18-22-11-13-26(36-2)28(16-22)37-3)19-23-12-14-27-29(17-23)39-21-38-27/h6-14,16-17H,4-5,15,18-21H2,1-3H3. The smallest absolute Gasteiger partial charge is 0.231 e. The Hall–Kier alpha value is -3.68. The van der Waals surface area contributed by atoms with Crippen LogP contribution in [0.1, 0.15) is 36.6 Å². The maximum Gasteiger partial charge on any atom is 0.231 e. The van der Waals surface area contributed by atoms with Crippen LogP contribution >= 0.6 is 11.6 Å². The Morgan fingerprint density at radius 2 is 1.59 bits per heavy atom. The van der Waals surface area contributed by atoms with Crippen molar-refractivity contribution in [3.05, 3.63) is 88.7 Å². The minimum Gasteiger partial charge on any atom is -0.493 e. The molecule has 5 rings (SSSR count). The minimum absolute atomic E-state index is 0.253. The van der Waals surface area contributed by atoms with Gasteiger partial charge in [0.1, 0.15) is 5.82 Å². The lowest BCUT2D eigenvalue weighted by Crippen LogP contribution is -2.24. The van der Waals surface area contributed by atoms with Gasteiger partial charge in [-0.3, -0.25) is 4.90 Å². The van der Waals surface area contributed by atoms with Crippen LogP contribution in [-0.2, 0) is 26.2 Å². The van der Waals surface area contributed by atoms with Crippen LogP contribution in [0.4, 0.5) is 0 Å². The van der Waals surface area contributed by atoms with Gasteiger partial charge in [-0.15, -0.1) is 0 Å². The van der Waals surface area contributed by atoms with Gasteiger partial charge < -0.3 is 23.5 Å². The maximum absolute atomic E-state index is 6.86. The molecule has 0 spiro atoms. The quantitative estimate of drug-likeness (QED) is 0.191. The van der Waals surface area contributed by atoms with E-state index in [0.717, 1.165) is 59.1 Å². The molecule has 0 saturated carbocycles. The second kappa shape index (κ2) is 12.5. The van der Waals surface area contributed by atoms with Crippen LogP contribution in [-0.4, -0.2) is 35.5 Å². The van der Waals surface area contributed by atoms with E-state index in [2.05, 4.69) is 46.7 Å². The Morgan fingerprint density at radius 3 is 2.33 bits per heavy atom. The molecule has 0 unspecified atom stereocenters. The second-order valence-corrected chi connectivity index (χ2v) is 9.92. The van der Waals surface area contributed by atoms with Gasteiger partial charge in [0.05, 0.1) is 19.9 Å². The molecular weight excluding hydrogens is 514 g/mol. The van der Waals surface area contributed by atoms with Crippen LogP contribution in [0.25, 0.3) is 11.4 Å². The third kappa shape index (κ3) is 6.15. The van der Waals surface area contributed by atoms with E-state index in [0.29, 0.717) is 36.3 Å². The summed E-state index contributed by atoms with van der Waals surface area (Å²) in [6.07, 6.45) is 2.12. The highest BCUT2D eigenvalue weighted by molar-refractivity contribution is 6.30. The first-order chi connectivity index (χ1) is 19.1. The van der Waals surface area contributed by atoms with E-state index in [1.807, 2.05) is 36.4 Å². The number of hydrogen-bond acceptors (Lipinski definition) is 6. The number of hydrogen-bond donors (Lipinski definition) is 0. The Balaban J connectivity index is 1.50. The van der Waals surface area contributed by atoms with E-state index in [1.165, 1.54) is 0 Å². The second-order valence-electron chi connectivity index (χ2n) is 9.57. The number of unbranched alkanes of at least 4 members (excludes halogenated alkanes) is 1. The van der Waals surface area contributed by atoms with Crippen molar-refractivity contribution >= 4 is 11.6 Å². The molecule has 8 heteroatoms. The first-order valence-corrected chi connectivity index (χ1v) is 13.6. The zero-order chi connectivity index (χ0) is 27.2. The molecule has 0 aliphatic carbocycles. The summed E-state index contributed by atoms with van der Waals surface area (Å²) in [6, 6.07) is 22.4. The van der Waals surface area contributed by atoms with Gasteiger partial charge in [-0.1, -0.05) is 67.4 Å². The number of halogens is 1. The molecule has 0 bridgehead atoms. The molecule has 0 N–H and O–H groups in total. The normalized spacial score (nSPS) is 12.2. The topological polar surface area (TPSA) is 58.0 Å². The fraction of sp³-hybridized carbons (Fsp3) is 0.323. The largest absolute Gasteiger partial charge is 0.493 e. The van der Waals surface area contributed by atoms with Crippen LogP contribution in [0.3, 0.4) is 0 Å². The molecule has 0 atom stereocenters. The highest BCUT2D eigenvalue weighted by Gasteiger charge is 2.21. The summed E-state index contributed by atoms with van der Waals surface area (Å²) in [5, 5.41) is 0.535. The zero-order valence-electron chi connectivity index (χ0n) is 22.7. The lowest BCUT2D eigenvalue weighted by molar-refractivity contribution is 0.174. The first kappa shape index (κ1) is 26.9. The number of ether oxygens (including phenoxy) is 4. The van der Waals surface area contributed by atoms with Crippen LogP contribution < -0.4 is 18.9 Å². The summed E-state index contributed by atoms with van der Waals surface area (Å²) in [5.41, 5.74) is 4.29. The van der Waals surface area contributed by atoms with Gasteiger partial charge in [0.2, 0.25) is 6.79 Å². The van der Waals surface area contributed by atoms with E-state index in [-0.39, 0.29) is 6.79 Å². The molecule has 1 aliphatic rings. The van der Waals surface area contributed by atoms with Crippen LogP contribution in [0.2, 0.25) is 5.15 Å². The van der Waals surface area contributed by atoms with Crippen LogP contribution in [0.15, 0.2) is 66.7 Å². The maximum atomic E-state index is 6.86. The van der Waals surface area contributed by atoms with Crippen molar-refractivity contribution in [3.63, 3.8) is 0 Å². The van der Waals surface area contributed by atoms with Gasteiger partial charge in [0, 0.05) is 31.7 Å². The third-order valence-corrected chi connectivity index (χ3v) is 7.16. The lowest BCUT2D eigenvalue weighted by atomic mass is 10.1. The summed E-state index contributed by atoms with van der Waals surface area (Å²) in [7, 11) is 3.30. The molecule has 0 radical (unpaired) electrons. The monoisotopic (exact) mass is 547 g/mol. The van der Waals surface area contributed by atoms with Crippen molar-refractivity contribution in [3.8, 4) is 34.4 Å². The molecule has 0 amide bonds. The fourth-order valence-electron chi connectivity index (χ4n) is 4.89. The van der Waals surface area contributed by atoms with Crippen molar-refractivity contribution in [2.45, 2.75) is 45.9 Å². The van der Waals surface area contributed by atoms with Gasteiger partial charge in [-0.25, -0.2) is 4.98 Å². The number of aromatic nitrogens is 2. The lowest BCUT2D eigenvalue weighted by Gasteiger charge is -2.24. The van der Waals surface area contributed by atoms with Crippen LogP contribution in [0.5, 0.6) is 23.0 Å². The van der Waals surface area contributed by atoms with Gasteiger partial charge >= 0.3 is 0 Å². The molecule has 1 aliphatic heterocycles. The molecule has 2 heterocycles. The SMILES string of the molecule is CCCCn1c(-c2ccccc2)nc(Cl)c1CN(Cc1ccc(OC)c(OC)c1)Cc1ccc2c(c1)OCO2. The van der Waals surface area contributed by atoms with Crippen molar-refractivity contribution < 1.29 is 18.9 Å². The van der Waals surface area contributed by atoms with Gasteiger partial charge in [-0.2, -0.15) is 0 Å². The number of methoxy groups -OCH3 is 2. The molecule has 7 nitrogen and oxygen atoms in total. The molecule has 1 aromatic heterocycles. The van der Waals surface area contributed by atoms with Gasteiger partial charge in [0.25, 0.3) is 0 Å². The van der Waals surface area contributed by atoms with Gasteiger partial charge in [0.15, 0.2) is 28.2 Å². The molecular formula is C31H34ClN3O4. The molecule has 3 aromatic carbocycles. The summed E-state index contributed by atoms with van der Waals surface area (Å²) >= 11 is 6.86. The van der Waals surface area contributed by atoms with Gasteiger partial charge in [-0.05, 0) is 41.8 Å². The molecule has 204 valence electrons. The average Bonchev–Trinajstić information content (AvgIpc) is 3.56. The minimum atomic E-state index is 0.253. The Morgan fingerprint density at radius 1 is 0.872 bits per heavy atom. The first-order valence-electron chi connectivity index (χ1n) is 13.2. The van der Waals surface area contributed by atoms with E-state index in [4.69, 9.17) is 35.5 Å². The number of benzene rings is 3. The number of nitrogens with zero attached hydrogens (tertiary/aromatic N) is 3. The Bertz CT molecular complexity index is 1410. The summed E-state index contributed by atoms with van der Waals surface area (Å²) in [4.78, 5) is 7.19.